The van der Waals surface area contributed by atoms with Gasteiger partial charge in [0.1, 0.15) is 0 Å². The standard InChI is InChI=1S/C21H26ClN3O2S/c1-24-13-10-17-14-16(4-9-20(17)24)21(25-11-2-3-12-25)15-23-28(26,27)19-7-5-18(22)6-8-19/h4-9,14,21,23H,2-3,10-13,15H2,1H3/t21-/m1/s1. The maximum atomic E-state index is 12.7. The number of anilines is 1. The number of nitrogens with zero attached hydrogens (tertiary/aromatic N) is 2. The third kappa shape index (κ3) is 4.06. The van der Waals surface area contributed by atoms with Crippen LogP contribution in [0.2, 0.25) is 5.02 Å². The van der Waals surface area contributed by atoms with Gasteiger partial charge in [0.05, 0.1) is 4.90 Å². The summed E-state index contributed by atoms with van der Waals surface area (Å²) in [5, 5.41) is 0.525. The summed E-state index contributed by atoms with van der Waals surface area (Å²) in [5.74, 6) is 0. The van der Waals surface area contributed by atoms with Crippen LogP contribution in [0.15, 0.2) is 47.4 Å². The molecule has 1 saturated heterocycles. The number of sulfonamides is 1. The van der Waals surface area contributed by atoms with Crippen LogP contribution >= 0.6 is 11.6 Å². The van der Waals surface area contributed by atoms with Crippen molar-refractivity contribution in [3.8, 4) is 0 Å². The summed E-state index contributed by atoms with van der Waals surface area (Å²) >= 11 is 5.89. The van der Waals surface area contributed by atoms with E-state index in [4.69, 9.17) is 11.6 Å². The number of benzene rings is 2. The predicted octanol–water partition coefficient (Wildman–Crippen LogP) is 3.45. The fraction of sp³-hybridized carbons (Fsp3) is 0.429. The molecule has 2 aromatic rings. The molecule has 2 heterocycles. The zero-order valence-corrected chi connectivity index (χ0v) is 17.6. The van der Waals surface area contributed by atoms with Gasteiger partial charge in [0.2, 0.25) is 10.0 Å². The van der Waals surface area contributed by atoms with Gasteiger partial charge in [0.25, 0.3) is 0 Å². The van der Waals surface area contributed by atoms with Gasteiger partial charge in [-0.05, 0) is 73.8 Å². The van der Waals surface area contributed by atoms with Gasteiger partial charge < -0.3 is 4.90 Å². The summed E-state index contributed by atoms with van der Waals surface area (Å²) in [6.45, 7) is 3.41. The number of halogens is 1. The molecule has 7 heteroatoms. The predicted molar refractivity (Wildman–Crippen MR) is 114 cm³/mol. The van der Waals surface area contributed by atoms with Crippen molar-refractivity contribution >= 4 is 27.3 Å². The molecule has 0 unspecified atom stereocenters. The van der Waals surface area contributed by atoms with E-state index in [0.29, 0.717) is 11.6 Å². The van der Waals surface area contributed by atoms with Gasteiger partial charge in [0, 0.05) is 36.9 Å². The Morgan fingerprint density at radius 3 is 2.50 bits per heavy atom. The second-order valence-corrected chi connectivity index (χ2v) is 9.83. The maximum Gasteiger partial charge on any atom is 0.240 e. The van der Waals surface area contributed by atoms with Crippen molar-refractivity contribution in [2.24, 2.45) is 0 Å². The Morgan fingerprint density at radius 1 is 1.07 bits per heavy atom. The van der Waals surface area contributed by atoms with Gasteiger partial charge in [-0.1, -0.05) is 23.7 Å². The first-order valence-electron chi connectivity index (χ1n) is 9.77. The van der Waals surface area contributed by atoms with E-state index in [-0.39, 0.29) is 10.9 Å². The average molecular weight is 420 g/mol. The Bertz CT molecular complexity index is 941. The normalized spacial score (nSPS) is 18.4. The lowest BCUT2D eigenvalue weighted by atomic mass is 10.0. The third-order valence-electron chi connectivity index (χ3n) is 5.79. The highest BCUT2D eigenvalue weighted by Gasteiger charge is 2.27. The molecular formula is C21H26ClN3O2S. The molecule has 1 fully saturated rings. The number of hydrogen-bond acceptors (Lipinski definition) is 4. The summed E-state index contributed by atoms with van der Waals surface area (Å²) in [6.07, 6.45) is 3.37. The Balaban J connectivity index is 1.56. The highest BCUT2D eigenvalue weighted by Crippen LogP contribution is 2.32. The number of likely N-dealkylation sites (N-methyl/N-ethyl adjacent to an activating group) is 1. The van der Waals surface area contributed by atoms with Crippen LogP contribution in [-0.4, -0.2) is 46.5 Å². The van der Waals surface area contributed by atoms with E-state index in [1.165, 1.54) is 16.8 Å². The van der Waals surface area contributed by atoms with E-state index >= 15 is 0 Å². The molecule has 0 aliphatic carbocycles. The molecule has 0 saturated carbocycles. The third-order valence-corrected chi connectivity index (χ3v) is 7.48. The van der Waals surface area contributed by atoms with Gasteiger partial charge in [0.15, 0.2) is 0 Å². The molecule has 1 N–H and O–H groups in total. The van der Waals surface area contributed by atoms with Crippen LogP contribution in [0, 0.1) is 0 Å². The second kappa shape index (κ2) is 8.03. The summed E-state index contributed by atoms with van der Waals surface area (Å²) in [7, 11) is -1.46. The van der Waals surface area contributed by atoms with Crippen molar-refractivity contribution in [2.75, 3.05) is 38.1 Å². The molecule has 4 rings (SSSR count). The van der Waals surface area contributed by atoms with Gasteiger partial charge in [-0.15, -0.1) is 0 Å². The Kier molecular flexibility index (Phi) is 5.65. The molecule has 0 amide bonds. The Labute approximate surface area is 172 Å². The molecule has 2 aliphatic heterocycles. The van der Waals surface area contributed by atoms with Crippen LogP contribution in [0.1, 0.15) is 30.0 Å². The molecule has 0 radical (unpaired) electrons. The molecule has 0 bridgehead atoms. The van der Waals surface area contributed by atoms with Crippen LogP contribution in [0.5, 0.6) is 0 Å². The Morgan fingerprint density at radius 2 is 1.79 bits per heavy atom. The number of likely N-dealkylation sites (tertiary alicyclic amines) is 1. The number of hydrogen-bond donors (Lipinski definition) is 1. The first kappa shape index (κ1) is 19.7. The van der Waals surface area contributed by atoms with Crippen molar-refractivity contribution in [1.29, 1.82) is 0 Å². The van der Waals surface area contributed by atoms with Crippen molar-refractivity contribution in [3.63, 3.8) is 0 Å². The first-order valence-corrected chi connectivity index (χ1v) is 11.6. The van der Waals surface area contributed by atoms with Crippen molar-refractivity contribution in [3.05, 3.63) is 58.6 Å². The Hall–Kier alpha value is -1.60. The monoisotopic (exact) mass is 419 g/mol. The van der Waals surface area contributed by atoms with Gasteiger partial charge >= 0.3 is 0 Å². The van der Waals surface area contributed by atoms with Gasteiger partial charge in [-0.2, -0.15) is 0 Å². The van der Waals surface area contributed by atoms with Gasteiger partial charge in [-0.3, -0.25) is 4.90 Å². The van der Waals surface area contributed by atoms with Gasteiger partial charge in [-0.25, -0.2) is 13.1 Å². The van der Waals surface area contributed by atoms with Crippen LogP contribution in [0.3, 0.4) is 0 Å². The molecule has 0 aromatic heterocycles. The van der Waals surface area contributed by atoms with Crippen LogP contribution < -0.4 is 9.62 Å². The molecule has 5 nitrogen and oxygen atoms in total. The quantitative estimate of drug-likeness (QED) is 0.779. The fourth-order valence-electron chi connectivity index (χ4n) is 4.19. The molecular weight excluding hydrogens is 394 g/mol. The average Bonchev–Trinajstić information content (AvgIpc) is 3.33. The minimum absolute atomic E-state index is 0.0424. The summed E-state index contributed by atoms with van der Waals surface area (Å²) in [5.41, 5.74) is 3.82. The zero-order chi connectivity index (χ0) is 19.7. The van der Waals surface area contributed by atoms with E-state index in [0.717, 1.165) is 38.9 Å². The smallest absolute Gasteiger partial charge is 0.240 e. The molecule has 28 heavy (non-hydrogen) atoms. The minimum atomic E-state index is -3.57. The SMILES string of the molecule is CN1CCc2cc([C@@H](CNS(=O)(=O)c3ccc(Cl)cc3)N3CCCC3)ccc21. The zero-order valence-electron chi connectivity index (χ0n) is 16.1. The second-order valence-electron chi connectivity index (χ2n) is 7.62. The summed E-state index contributed by atoms with van der Waals surface area (Å²) < 4.78 is 28.3. The molecule has 0 spiro atoms. The van der Waals surface area contributed by atoms with E-state index in [1.807, 2.05) is 0 Å². The molecule has 2 aliphatic rings. The summed E-state index contributed by atoms with van der Waals surface area (Å²) in [6, 6.07) is 12.9. The molecule has 150 valence electrons. The molecule has 2 aromatic carbocycles. The van der Waals surface area contributed by atoms with E-state index in [1.54, 1.807) is 24.3 Å². The van der Waals surface area contributed by atoms with E-state index < -0.39 is 10.0 Å². The lowest BCUT2D eigenvalue weighted by Crippen LogP contribution is -2.36. The topological polar surface area (TPSA) is 52.7 Å². The van der Waals surface area contributed by atoms with Crippen molar-refractivity contribution < 1.29 is 8.42 Å². The van der Waals surface area contributed by atoms with Crippen LogP contribution in [-0.2, 0) is 16.4 Å². The summed E-state index contributed by atoms with van der Waals surface area (Å²) in [4.78, 5) is 4.91. The highest BCUT2D eigenvalue weighted by molar-refractivity contribution is 7.89. The maximum absolute atomic E-state index is 12.7. The number of nitrogens with one attached hydrogen (secondary N) is 1. The molecule has 1 atom stereocenters. The number of rotatable bonds is 6. The van der Waals surface area contributed by atoms with Crippen LogP contribution in [0.25, 0.3) is 0 Å². The minimum Gasteiger partial charge on any atom is -0.374 e. The van der Waals surface area contributed by atoms with Crippen molar-refractivity contribution in [1.82, 2.24) is 9.62 Å². The largest absolute Gasteiger partial charge is 0.374 e. The van der Waals surface area contributed by atoms with Crippen LogP contribution in [0.4, 0.5) is 5.69 Å². The highest BCUT2D eigenvalue weighted by atomic mass is 35.5. The van der Waals surface area contributed by atoms with Crippen molar-refractivity contribution in [2.45, 2.75) is 30.2 Å². The lowest BCUT2D eigenvalue weighted by molar-refractivity contribution is 0.246. The van der Waals surface area contributed by atoms with E-state index in [9.17, 15) is 8.42 Å². The van der Waals surface area contributed by atoms with E-state index in [2.05, 4.69) is 39.8 Å². The fourth-order valence-corrected chi connectivity index (χ4v) is 5.36. The lowest BCUT2D eigenvalue weighted by Gasteiger charge is -2.28. The first-order chi connectivity index (χ1) is 13.4. The number of fused-ring (bicyclic) bond motifs is 1.